The molecular formula is C15H16N2O4S. The van der Waals surface area contributed by atoms with Crippen LogP contribution in [0.1, 0.15) is 16.7 Å². The van der Waals surface area contributed by atoms with E-state index in [0.29, 0.717) is 11.1 Å². The largest absolute Gasteiger partial charge is 0.273 e. The van der Waals surface area contributed by atoms with Gasteiger partial charge in [-0.15, -0.1) is 0 Å². The van der Waals surface area contributed by atoms with Crippen LogP contribution >= 0.6 is 0 Å². The molecule has 0 amide bonds. The van der Waals surface area contributed by atoms with Crippen molar-refractivity contribution in [3.8, 4) is 0 Å². The third kappa shape index (κ3) is 3.49. The van der Waals surface area contributed by atoms with Crippen LogP contribution in [0.3, 0.4) is 0 Å². The van der Waals surface area contributed by atoms with Crippen LogP contribution in [-0.2, 0) is 16.6 Å². The first-order valence-corrected chi connectivity index (χ1v) is 8.09. The summed E-state index contributed by atoms with van der Waals surface area (Å²) >= 11 is 0. The Balaban J connectivity index is 2.32. The number of aryl methyl sites for hydroxylation is 1. The van der Waals surface area contributed by atoms with Crippen LogP contribution in [0.15, 0.2) is 47.4 Å². The molecule has 0 radical (unpaired) electrons. The maximum atomic E-state index is 12.3. The first-order chi connectivity index (χ1) is 10.3. The molecule has 2 rings (SSSR count). The molecule has 22 heavy (non-hydrogen) atoms. The number of nitrogens with zero attached hydrogens (tertiary/aromatic N) is 1. The van der Waals surface area contributed by atoms with Gasteiger partial charge in [-0.2, -0.15) is 0 Å². The third-order valence-electron chi connectivity index (χ3n) is 3.43. The molecule has 116 valence electrons. The lowest BCUT2D eigenvalue weighted by atomic mass is 10.1. The van der Waals surface area contributed by atoms with Crippen molar-refractivity contribution in [3.05, 3.63) is 69.3 Å². The summed E-state index contributed by atoms with van der Waals surface area (Å²) in [5.74, 6) is 0. The van der Waals surface area contributed by atoms with E-state index in [-0.39, 0.29) is 17.1 Å². The summed E-state index contributed by atoms with van der Waals surface area (Å²) in [6.07, 6.45) is 0. The molecule has 0 aliphatic carbocycles. The van der Waals surface area contributed by atoms with Crippen LogP contribution in [0.2, 0.25) is 0 Å². The minimum absolute atomic E-state index is 0.0989. The van der Waals surface area contributed by atoms with Crippen molar-refractivity contribution in [1.29, 1.82) is 0 Å². The van der Waals surface area contributed by atoms with Crippen molar-refractivity contribution >= 4 is 15.7 Å². The lowest BCUT2D eigenvalue weighted by molar-refractivity contribution is -0.385. The van der Waals surface area contributed by atoms with Gasteiger partial charge < -0.3 is 0 Å². The molecule has 1 N–H and O–H groups in total. The monoisotopic (exact) mass is 320 g/mol. The number of sulfonamides is 1. The van der Waals surface area contributed by atoms with Gasteiger partial charge in [-0.1, -0.05) is 30.3 Å². The maximum Gasteiger partial charge on any atom is 0.273 e. The van der Waals surface area contributed by atoms with Gasteiger partial charge in [0.2, 0.25) is 10.0 Å². The molecular weight excluding hydrogens is 304 g/mol. The number of hydrogen-bond acceptors (Lipinski definition) is 4. The molecule has 0 bridgehead atoms. The smallest absolute Gasteiger partial charge is 0.258 e. The molecule has 2 aromatic rings. The van der Waals surface area contributed by atoms with Crippen molar-refractivity contribution in [1.82, 2.24) is 4.72 Å². The first kappa shape index (κ1) is 16.1. The summed E-state index contributed by atoms with van der Waals surface area (Å²) in [6.45, 7) is 3.38. The quantitative estimate of drug-likeness (QED) is 0.677. The van der Waals surface area contributed by atoms with Crippen LogP contribution in [0.4, 0.5) is 5.69 Å². The molecule has 0 aromatic heterocycles. The normalized spacial score (nSPS) is 11.4. The van der Waals surface area contributed by atoms with Gasteiger partial charge in [0.05, 0.1) is 9.82 Å². The van der Waals surface area contributed by atoms with E-state index in [4.69, 9.17) is 0 Å². The minimum atomic E-state index is -3.81. The Bertz CT molecular complexity index is 802. The Morgan fingerprint density at radius 1 is 1.14 bits per heavy atom. The summed E-state index contributed by atoms with van der Waals surface area (Å²) < 4.78 is 27.1. The molecule has 0 fully saturated rings. The fourth-order valence-corrected chi connectivity index (χ4v) is 3.13. The topological polar surface area (TPSA) is 89.3 Å². The highest BCUT2D eigenvalue weighted by atomic mass is 32.2. The number of hydrogen-bond donors (Lipinski definition) is 1. The van der Waals surface area contributed by atoms with Crippen LogP contribution in [0.5, 0.6) is 0 Å². The van der Waals surface area contributed by atoms with Gasteiger partial charge in [0.15, 0.2) is 0 Å². The number of benzene rings is 2. The van der Waals surface area contributed by atoms with Gasteiger partial charge in [-0.05, 0) is 31.0 Å². The zero-order valence-corrected chi connectivity index (χ0v) is 13.1. The molecule has 0 saturated carbocycles. The van der Waals surface area contributed by atoms with E-state index in [1.54, 1.807) is 26.0 Å². The fraction of sp³-hybridized carbons (Fsp3) is 0.200. The summed E-state index contributed by atoms with van der Waals surface area (Å²) in [5.41, 5.74) is 1.64. The van der Waals surface area contributed by atoms with Gasteiger partial charge >= 0.3 is 0 Å². The summed E-state index contributed by atoms with van der Waals surface area (Å²) in [4.78, 5) is 10.4. The van der Waals surface area contributed by atoms with E-state index >= 15 is 0 Å². The first-order valence-electron chi connectivity index (χ1n) is 6.60. The van der Waals surface area contributed by atoms with E-state index < -0.39 is 14.9 Å². The van der Waals surface area contributed by atoms with Gasteiger partial charge in [-0.25, -0.2) is 13.1 Å². The van der Waals surface area contributed by atoms with Crippen molar-refractivity contribution in [3.63, 3.8) is 0 Å². The molecule has 0 spiro atoms. The Kier molecular flexibility index (Phi) is 4.58. The predicted octanol–water partition coefficient (Wildman–Crippen LogP) is 2.69. The molecule has 0 unspecified atom stereocenters. The van der Waals surface area contributed by atoms with Gasteiger partial charge in [-0.3, -0.25) is 10.1 Å². The van der Waals surface area contributed by atoms with E-state index in [9.17, 15) is 18.5 Å². The molecule has 0 saturated heterocycles. The van der Waals surface area contributed by atoms with E-state index in [0.717, 1.165) is 11.6 Å². The van der Waals surface area contributed by atoms with Crippen LogP contribution < -0.4 is 4.72 Å². The Hall–Kier alpha value is -2.25. The molecule has 2 aromatic carbocycles. The van der Waals surface area contributed by atoms with Crippen molar-refractivity contribution in [2.24, 2.45) is 0 Å². The average molecular weight is 320 g/mol. The fourth-order valence-electron chi connectivity index (χ4n) is 2.01. The zero-order valence-electron chi connectivity index (χ0n) is 12.2. The second-order valence-corrected chi connectivity index (χ2v) is 6.72. The molecule has 0 heterocycles. The van der Waals surface area contributed by atoms with Crippen LogP contribution in [-0.4, -0.2) is 13.3 Å². The second kappa shape index (κ2) is 6.25. The number of nitrogens with one attached hydrogen (secondary N) is 1. The highest BCUT2D eigenvalue weighted by Gasteiger charge is 2.21. The number of nitro benzene ring substituents is 1. The molecule has 0 aliphatic heterocycles. The van der Waals surface area contributed by atoms with Crippen LogP contribution in [0.25, 0.3) is 0 Å². The SMILES string of the molecule is Cc1cc(S(=O)(=O)NCc2ccccc2)cc([N+](=O)[O-])c1C. The lowest BCUT2D eigenvalue weighted by Gasteiger charge is -2.09. The van der Waals surface area contributed by atoms with E-state index in [1.165, 1.54) is 6.07 Å². The standard InChI is InChI=1S/C15H16N2O4S/c1-11-8-14(9-15(12(11)2)17(18)19)22(20,21)16-10-13-6-4-3-5-7-13/h3-9,16H,10H2,1-2H3. The highest BCUT2D eigenvalue weighted by molar-refractivity contribution is 7.89. The van der Waals surface area contributed by atoms with Crippen LogP contribution in [0, 0.1) is 24.0 Å². The number of rotatable bonds is 5. The summed E-state index contributed by atoms with van der Waals surface area (Å²) in [6, 6.07) is 11.6. The maximum absolute atomic E-state index is 12.3. The Morgan fingerprint density at radius 3 is 2.36 bits per heavy atom. The van der Waals surface area contributed by atoms with Crippen molar-refractivity contribution in [2.45, 2.75) is 25.3 Å². The minimum Gasteiger partial charge on any atom is -0.258 e. The summed E-state index contributed by atoms with van der Waals surface area (Å²) in [5, 5.41) is 11.0. The molecule has 6 nitrogen and oxygen atoms in total. The molecule has 0 atom stereocenters. The van der Waals surface area contributed by atoms with E-state index in [2.05, 4.69) is 4.72 Å². The Morgan fingerprint density at radius 2 is 1.77 bits per heavy atom. The molecule has 0 aliphatic rings. The average Bonchev–Trinajstić information content (AvgIpc) is 2.48. The van der Waals surface area contributed by atoms with Gasteiger partial charge in [0, 0.05) is 18.2 Å². The highest BCUT2D eigenvalue weighted by Crippen LogP contribution is 2.25. The predicted molar refractivity (Wildman–Crippen MR) is 83.0 cm³/mol. The van der Waals surface area contributed by atoms with Crippen molar-refractivity contribution in [2.75, 3.05) is 0 Å². The van der Waals surface area contributed by atoms with Gasteiger partial charge in [0.25, 0.3) is 5.69 Å². The molecule has 7 heteroatoms. The Labute approximate surface area is 129 Å². The summed E-state index contributed by atoms with van der Waals surface area (Å²) in [7, 11) is -3.81. The third-order valence-corrected chi connectivity index (χ3v) is 4.81. The van der Waals surface area contributed by atoms with Crippen molar-refractivity contribution < 1.29 is 13.3 Å². The van der Waals surface area contributed by atoms with Gasteiger partial charge in [0.1, 0.15) is 0 Å². The van der Waals surface area contributed by atoms with E-state index in [1.807, 2.05) is 18.2 Å². The number of nitro groups is 1. The second-order valence-electron chi connectivity index (χ2n) is 4.95. The lowest BCUT2D eigenvalue weighted by Crippen LogP contribution is -2.23. The zero-order chi connectivity index (χ0) is 16.3.